The van der Waals surface area contributed by atoms with Crippen molar-refractivity contribution in [2.75, 3.05) is 5.32 Å². The molecule has 182 valence electrons. The molecule has 7 nitrogen and oxygen atoms in total. The highest BCUT2D eigenvalue weighted by molar-refractivity contribution is 8.00. The highest BCUT2D eigenvalue weighted by atomic mass is 35.5. The van der Waals surface area contributed by atoms with Gasteiger partial charge in [0.2, 0.25) is 0 Å². The van der Waals surface area contributed by atoms with Crippen molar-refractivity contribution in [3.63, 3.8) is 0 Å². The van der Waals surface area contributed by atoms with Gasteiger partial charge >= 0.3 is 0 Å². The zero-order valence-corrected chi connectivity index (χ0v) is 21.5. The van der Waals surface area contributed by atoms with Crippen LogP contribution in [-0.2, 0) is 0 Å². The Hall–Kier alpha value is -3.62. The number of nitrogens with one attached hydrogen (secondary N) is 2. The third kappa shape index (κ3) is 4.27. The number of H-pyrrole nitrogens is 1. The number of hydrogen-bond donors (Lipinski definition) is 2. The largest absolute Gasteiger partial charge is 0.361 e. The summed E-state index contributed by atoms with van der Waals surface area (Å²) in [6.07, 6.45) is 2.93. The number of nitrogens with zero attached hydrogens (tertiary/aromatic N) is 3. The summed E-state index contributed by atoms with van der Waals surface area (Å²) in [7, 11) is 0. The predicted octanol–water partition coefficient (Wildman–Crippen LogP) is 5.95. The van der Waals surface area contributed by atoms with Gasteiger partial charge in [0.15, 0.2) is 5.43 Å². The second-order valence-electron chi connectivity index (χ2n) is 8.67. The predicted molar refractivity (Wildman–Crippen MR) is 148 cm³/mol. The molecule has 0 unspecified atom stereocenters. The highest BCUT2D eigenvalue weighted by Gasteiger charge is 2.24. The van der Waals surface area contributed by atoms with E-state index < -0.39 is 6.04 Å². The van der Waals surface area contributed by atoms with E-state index in [0.29, 0.717) is 49.3 Å². The van der Waals surface area contributed by atoms with Gasteiger partial charge in [0, 0.05) is 33.5 Å². The molecular formula is C27H24ClN5O2S. The minimum absolute atomic E-state index is 0.154. The molecule has 0 saturated carbocycles. The van der Waals surface area contributed by atoms with Crippen LogP contribution in [0.2, 0.25) is 5.02 Å². The lowest BCUT2D eigenvalue weighted by atomic mass is 10.1. The van der Waals surface area contributed by atoms with Gasteiger partial charge < -0.3 is 10.3 Å². The fourth-order valence-electron chi connectivity index (χ4n) is 4.35. The van der Waals surface area contributed by atoms with Gasteiger partial charge in [-0.2, -0.15) is 0 Å². The maximum Gasteiger partial charge on any atom is 0.264 e. The molecule has 5 rings (SSSR count). The second-order valence-corrected chi connectivity index (χ2v) is 10.7. The van der Waals surface area contributed by atoms with Crippen LogP contribution in [0.3, 0.4) is 0 Å². The molecule has 0 radical (unpaired) electrons. The van der Waals surface area contributed by atoms with E-state index in [2.05, 4.69) is 34.1 Å². The summed E-state index contributed by atoms with van der Waals surface area (Å²) in [5.41, 5.74) is 1.33. The van der Waals surface area contributed by atoms with Crippen molar-refractivity contribution in [1.29, 1.82) is 0 Å². The van der Waals surface area contributed by atoms with E-state index in [4.69, 9.17) is 11.6 Å². The molecule has 1 atom stereocenters. The third-order valence-electron chi connectivity index (χ3n) is 5.83. The first-order chi connectivity index (χ1) is 17.4. The first-order valence-electron chi connectivity index (χ1n) is 11.5. The second kappa shape index (κ2) is 9.79. The van der Waals surface area contributed by atoms with Crippen LogP contribution in [0.5, 0.6) is 0 Å². The van der Waals surface area contributed by atoms with Crippen LogP contribution in [-0.4, -0.2) is 24.8 Å². The number of fused-ring (bicyclic) bond motifs is 2. The van der Waals surface area contributed by atoms with Crippen LogP contribution in [0.25, 0.3) is 27.5 Å². The smallest absolute Gasteiger partial charge is 0.264 e. The van der Waals surface area contributed by atoms with Gasteiger partial charge in [-0.3, -0.25) is 14.2 Å². The molecule has 0 bridgehead atoms. The van der Waals surface area contributed by atoms with Crippen molar-refractivity contribution >= 4 is 51.0 Å². The molecule has 9 heteroatoms. The molecule has 2 aromatic carbocycles. The van der Waals surface area contributed by atoms with E-state index >= 15 is 0 Å². The van der Waals surface area contributed by atoms with E-state index in [0.717, 1.165) is 4.90 Å². The van der Waals surface area contributed by atoms with E-state index in [9.17, 15) is 9.59 Å². The van der Waals surface area contributed by atoms with Gasteiger partial charge in [-0.25, -0.2) is 9.97 Å². The molecule has 3 heterocycles. The molecule has 0 aliphatic heterocycles. The van der Waals surface area contributed by atoms with Crippen molar-refractivity contribution in [3.05, 3.63) is 98.4 Å². The number of aromatic amines is 1. The molecule has 0 fully saturated rings. The summed E-state index contributed by atoms with van der Waals surface area (Å²) in [4.78, 5) is 39.1. The Balaban J connectivity index is 1.77. The van der Waals surface area contributed by atoms with Crippen LogP contribution in [0.15, 0.2) is 81.6 Å². The first-order valence-corrected chi connectivity index (χ1v) is 12.8. The summed E-state index contributed by atoms with van der Waals surface area (Å²) in [5.74, 6) is 0.363. The monoisotopic (exact) mass is 517 g/mol. The number of halogens is 1. The zero-order chi connectivity index (χ0) is 25.4. The van der Waals surface area contributed by atoms with Gasteiger partial charge in [0.05, 0.1) is 22.1 Å². The lowest BCUT2D eigenvalue weighted by Gasteiger charge is -2.24. The molecule has 0 spiro atoms. The number of anilines is 1. The number of rotatable bonds is 6. The van der Waals surface area contributed by atoms with Crippen molar-refractivity contribution in [3.8, 4) is 5.69 Å². The van der Waals surface area contributed by atoms with Gasteiger partial charge in [-0.15, -0.1) is 11.8 Å². The maximum absolute atomic E-state index is 14.1. The van der Waals surface area contributed by atoms with Crippen LogP contribution < -0.4 is 16.3 Å². The number of hydrogen-bond acceptors (Lipinski definition) is 6. The summed E-state index contributed by atoms with van der Waals surface area (Å²) in [6, 6.07) is 16.1. The molecule has 3 aromatic heterocycles. The van der Waals surface area contributed by atoms with Gasteiger partial charge in [-0.05, 0) is 25.1 Å². The van der Waals surface area contributed by atoms with E-state index in [-0.39, 0.29) is 11.0 Å². The van der Waals surface area contributed by atoms with Crippen LogP contribution in [0.4, 0.5) is 5.82 Å². The molecular weight excluding hydrogens is 494 g/mol. The van der Waals surface area contributed by atoms with E-state index in [1.54, 1.807) is 22.5 Å². The van der Waals surface area contributed by atoms with Crippen molar-refractivity contribution in [1.82, 2.24) is 19.5 Å². The Bertz CT molecular complexity index is 1690. The average Bonchev–Trinajstić information content (AvgIpc) is 2.86. The zero-order valence-electron chi connectivity index (χ0n) is 19.9. The normalized spacial score (nSPS) is 12.4. The fourth-order valence-corrected chi connectivity index (χ4v) is 5.74. The molecule has 0 aliphatic carbocycles. The molecule has 36 heavy (non-hydrogen) atoms. The first kappa shape index (κ1) is 24.1. The number of aromatic nitrogens is 4. The Morgan fingerprint density at radius 2 is 1.75 bits per heavy atom. The summed E-state index contributed by atoms with van der Waals surface area (Å²) < 4.78 is 1.65. The van der Waals surface area contributed by atoms with Crippen LogP contribution in [0.1, 0.15) is 32.5 Å². The standard InChI is InChI=1S/C27H24ClN5O2S/c1-15(2)36-20-11-7-10-18-21(20)27(35)33(17-8-5-4-6-9-17)24(23(18)28)16(3)32-26-22-19(34)12-13-29-25(22)30-14-31-26/h4-16H,1-3H3,(H2,29,30,31,32,34)/t16-/m0/s1. The summed E-state index contributed by atoms with van der Waals surface area (Å²) in [5, 5.41) is 5.69. The quantitative estimate of drug-likeness (QED) is 0.270. The number of para-hydroxylation sites is 1. The van der Waals surface area contributed by atoms with Gasteiger partial charge in [-0.1, -0.05) is 55.8 Å². The van der Waals surface area contributed by atoms with Gasteiger partial charge in [0.1, 0.15) is 23.2 Å². The number of pyridine rings is 2. The molecule has 2 N–H and O–H groups in total. The Morgan fingerprint density at radius 1 is 0.972 bits per heavy atom. The fraction of sp³-hybridized carbons (Fsp3) is 0.185. The lowest BCUT2D eigenvalue weighted by molar-refractivity contribution is 0.774. The van der Waals surface area contributed by atoms with E-state index in [1.807, 2.05) is 55.5 Å². The molecule has 0 saturated heterocycles. The third-order valence-corrected chi connectivity index (χ3v) is 7.30. The van der Waals surface area contributed by atoms with Crippen molar-refractivity contribution in [2.24, 2.45) is 0 Å². The Labute approximate surface area is 216 Å². The average molecular weight is 518 g/mol. The van der Waals surface area contributed by atoms with Crippen molar-refractivity contribution in [2.45, 2.75) is 37.0 Å². The minimum atomic E-state index is -0.478. The Kier molecular flexibility index (Phi) is 6.55. The maximum atomic E-state index is 14.1. The SMILES string of the molecule is CC(C)Sc1cccc2c(Cl)c([C@H](C)Nc3ncnc4[nH]ccc(=O)c34)n(-c3ccccc3)c(=O)c12. The van der Waals surface area contributed by atoms with E-state index in [1.165, 1.54) is 12.4 Å². The highest BCUT2D eigenvalue weighted by Crippen LogP contribution is 2.37. The Morgan fingerprint density at radius 3 is 2.50 bits per heavy atom. The topological polar surface area (TPSA) is 92.7 Å². The molecule has 0 aliphatic rings. The van der Waals surface area contributed by atoms with Gasteiger partial charge in [0.25, 0.3) is 5.56 Å². The molecule has 5 aromatic rings. The van der Waals surface area contributed by atoms with Crippen LogP contribution >= 0.6 is 23.4 Å². The molecule has 0 amide bonds. The number of thioether (sulfide) groups is 1. The summed E-state index contributed by atoms with van der Waals surface area (Å²) in [6.45, 7) is 6.08. The number of benzene rings is 2. The lowest BCUT2D eigenvalue weighted by Crippen LogP contribution is -2.27. The van der Waals surface area contributed by atoms with Crippen molar-refractivity contribution < 1.29 is 0 Å². The minimum Gasteiger partial charge on any atom is -0.361 e. The summed E-state index contributed by atoms with van der Waals surface area (Å²) >= 11 is 8.71. The van der Waals surface area contributed by atoms with Crippen LogP contribution in [0, 0.1) is 0 Å².